The molecule has 0 radical (unpaired) electrons. The number of esters is 2. The number of aliphatic hydroxyl groups is 2. The zero-order chi connectivity index (χ0) is 36.1. The zero-order valence-electron chi connectivity index (χ0n) is 28.5. The van der Waals surface area contributed by atoms with Gasteiger partial charge in [-0.25, -0.2) is 9.59 Å². The van der Waals surface area contributed by atoms with Crippen molar-refractivity contribution >= 4 is 23.5 Å². The Bertz CT molecular complexity index is 1760. The smallest absolute Gasteiger partial charge is 0.337 e. The Morgan fingerprint density at radius 1 is 0.620 bits per heavy atom. The number of fused-ring (bicyclic) bond motifs is 2. The molecule has 0 aliphatic carbocycles. The molecule has 10 heteroatoms. The predicted octanol–water partition coefficient (Wildman–Crippen LogP) is 5.47. The van der Waals surface area contributed by atoms with E-state index in [0.717, 1.165) is 11.1 Å². The summed E-state index contributed by atoms with van der Waals surface area (Å²) in [5.41, 5.74) is 2.64. The summed E-state index contributed by atoms with van der Waals surface area (Å²) in [6, 6.07) is 25.3. The largest absolute Gasteiger partial charge is 0.491 e. The topological polar surface area (TPSA) is 146 Å². The fourth-order valence-electron chi connectivity index (χ4n) is 6.53. The summed E-state index contributed by atoms with van der Waals surface area (Å²) in [5, 5.41) is 20.4. The van der Waals surface area contributed by atoms with Crippen molar-refractivity contribution in [2.24, 2.45) is 0 Å². The van der Waals surface area contributed by atoms with Gasteiger partial charge in [-0.05, 0) is 35.4 Å². The van der Waals surface area contributed by atoms with Crippen LogP contribution in [0.1, 0.15) is 90.4 Å². The SMILES string of the molecule is CCC(=O)c1cc(C(=O)OC)cc2c1OC[C@@]2(CO)c1ccccc1.CCC(=O)c1cc(C(=O)OC)cc2c1OC[C@]2(CO)c1ccccc1. The first-order valence-electron chi connectivity index (χ1n) is 16.3. The van der Waals surface area contributed by atoms with Gasteiger partial charge in [-0.15, -0.1) is 0 Å². The molecule has 2 aliphatic rings. The maximum absolute atomic E-state index is 12.4. The van der Waals surface area contributed by atoms with E-state index in [-0.39, 0.29) is 62.0 Å². The molecule has 260 valence electrons. The number of Topliss-reactive ketones (excluding diaryl/α,β-unsaturated/α-hetero) is 2. The van der Waals surface area contributed by atoms with Gasteiger partial charge in [0, 0.05) is 24.0 Å². The highest BCUT2D eigenvalue weighted by atomic mass is 16.5. The lowest BCUT2D eigenvalue weighted by molar-refractivity contribution is 0.0591. The number of benzene rings is 4. The third kappa shape index (κ3) is 6.28. The van der Waals surface area contributed by atoms with Gasteiger partial charge < -0.3 is 29.2 Å². The zero-order valence-corrected chi connectivity index (χ0v) is 28.5. The van der Waals surface area contributed by atoms with Gasteiger partial charge in [0.15, 0.2) is 11.6 Å². The molecular weight excluding hydrogens is 640 g/mol. The van der Waals surface area contributed by atoms with E-state index in [0.29, 0.717) is 33.8 Å². The van der Waals surface area contributed by atoms with Crippen LogP contribution >= 0.6 is 0 Å². The maximum Gasteiger partial charge on any atom is 0.337 e. The van der Waals surface area contributed by atoms with Crippen LogP contribution in [0.2, 0.25) is 0 Å². The highest BCUT2D eigenvalue weighted by Gasteiger charge is 2.45. The van der Waals surface area contributed by atoms with Crippen molar-refractivity contribution in [2.75, 3.05) is 40.6 Å². The third-order valence-corrected chi connectivity index (χ3v) is 9.41. The van der Waals surface area contributed by atoms with Crippen molar-refractivity contribution < 1.29 is 48.3 Å². The Kier molecular flexibility index (Phi) is 10.8. The van der Waals surface area contributed by atoms with Crippen LogP contribution in [0.3, 0.4) is 0 Å². The monoisotopic (exact) mass is 680 g/mol. The fourth-order valence-corrected chi connectivity index (χ4v) is 6.53. The lowest BCUT2D eigenvalue weighted by Gasteiger charge is -2.26. The molecule has 10 nitrogen and oxygen atoms in total. The molecule has 2 heterocycles. The van der Waals surface area contributed by atoms with Crippen LogP contribution in [0.15, 0.2) is 84.9 Å². The molecule has 0 amide bonds. The summed E-state index contributed by atoms with van der Waals surface area (Å²) >= 11 is 0. The number of hydrogen-bond donors (Lipinski definition) is 2. The van der Waals surface area contributed by atoms with Crippen molar-refractivity contribution in [3.05, 3.63) is 129 Å². The molecule has 2 N–H and O–H groups in total. The number of rotatable bonds is 10. The molecule has 0 saturated heterocycles. The van der Waals surface area contributed by atoms with Crippen LogP contribution in [-0.2, 0) is 20.3 Å². The Morgan fingerprint density at radius 2 is 0.980 bits per heavy atom. The molecular formula is C40H40O10. The minimum atomic E-state index is -0.816. The second-order valence-electron chi connectivity index (χ2n) is 12.1. The van der Waals surface area contributed by atoms with Crippen molar-refractivity contribution in [3.63, 3.8) is 0 Å². The van der Waals surface area contributed by atoms with Crippen molar-refractivity contribution in [2.45, 2.75) is 37.5 Å². The van der Waals surface area contributed by atoms with Crippen LogP contribution in [0.25, 0.3) is 0 Å². The molecule has 0 aromatic heterocycles. The first-order chi connectivity index (χ1) is 24.1. The lowest BCUT2D eigenvalue weighted by atomic mass is 9.75. The summed E-state index contributed by atoms with van der Waals surface area (Å²) in [6.45, 7) is 3.52. The highest BCUT2D eigenvalue weighted by Crippen LogP contribution is 2.47. The third-order valence-electron chi connectivity index (χ3n) is 9.41. The molecule has 4 aromatic rings. The molecule has 50 heavy (non-hydrogen) atoms. The van der Waals surface area contributed by atoms with Gasteiger partial charge in [-0.2, -0.15) is 0 Å². The molecule has 0 fully saturated rings. The molecule has 0 spiro atoms. The molecule has 6 rings (SSSR count). The first kappa shape index (κ1) is 36.0. The van der Waals surface area contributed by atoms with Gasteiger partial charge in [0.1, 0.15) is 24.7 Å². The second-order valence-corrected chi connectivity index (χ2v) is 12.1. The Balaban J connectivity index is 0.000000194. The number of aliphatic hydroxyl groups excluding tert-OH is 2. The second kappa shape index (κ2) is 15.1. The first-order valence-corrected chi connectivity index (χ1v) is 16.3. The molecule has 2 aliphatic heterocycles. The fraction of sp³-hybridized carbons (Fsp3) is 0.300. The maximum atomic E-state index is 12.4. The van der Waals surface area contributed by atoms with Crippen LogP contribution in [0, 0.1) is 0 Å². The Hall–Kier alpha value is -5.32. The Morgan fingerprint density at radius 3 is 1.28 bits per heavy atom. The molecule has 2 atom stereocenters. The number of carbonyl (C=O) groups is 4. The van der Waals surface area contributed by atoms with E-state index >= 15 is 0 Å². The van der Waals surface area contributed by atoms with E-state index in [1.54, 1.807) is 26.0 Å². The summed E-state index contributed by atoms with van der Waals surface area (Å²) in [5.74, 6) is -0.415. The lowest BCUT2D eigenvalue weighted by Crippen LogP contribution is -2.33. The molecule has 0 bridgehead atoms. The van der Waals surface area contributed by atoms with E-state index < -0.39 is 22.8 Å². The van der Waals surface area contributed by atoms with Crippen molar-refractivity contribution in [1.82, 2.24) is 0 Å². The minimum absolute atomic E-state index is 0.121. The van der Waals surface area contributed by atoms with E-state index in [2.05, 4.69) is 0 Å². The van der Waals surface area contributed by atoms with Crippen LogP contribution in [-0.4, -0.2) is 74.4 Å². The van der Waals surface area contributed by atoms with Gasteiger partial charge in [-0.1, -0.05) is 74.5 Å². The summed E-state index contributed by atoms with van der Waals surface area (Å²) < 4.78 is 21.3. The van der Waals surface area contributed by atoms with Crippen LogP contribution < -0.4 is 9.47 Å². The van der Waals surface area contributed by atoms with Gasteiger partial charge >= 0.3 is 11.9 Å². The number of ketones is 2. The van der Waals surface area contributed by atoms with E-state index in [1.165, 1.54) is 26.4 Å². The summed E-state index contributed by atoms with van der Waals surface area (Å²) in [7, 11) is 2.59. The number of ether oxygens (including phenoxy) is 4. The highest BCUT2D eigenvalue weighted by molar-refractivity contribution is 6.03. The quantitative estimate of drug-likeness (QED) is 0.163. The molecule has 0 unspecified atom stereocenters. The standard InChI is InChI=1S/2C20H20O5/c2*1-3-17(22)15-9-13(19(23)24-2)10-16-18(15)25-12-20(16,11-21)14-7-5-4-6-8-14/h2*4-10,21H,3,11-12H2,1-2H3/t2*20-/m10/s1. The normalized spacial score (nSPS) is 18.4. The molecule has 4 aromatic carbocycles. The van der Waals surface area contributed by atoms with Crippen LogP contribution in [0.5, 0.6) is 11.5 Å². The summed E-state index contributed by atoms with van der Waals surface area (Å²) in [6.07, 6.45) is 0.579. The predicted molar refractivity (Wildman–Crippen MR) is 184 cm³/mol. The number of carbonyl (C=O) groups excluding carboxylic acids is 4. The average Bonchev–Trinajstić information content (AvgIpc) is 3.76. The van der Waals surface area contributed by atoms with E-state index in [1.807, 2.05) is 60.7 Å². The van der Waals surface area contributed by atoms with E-state index in [4.69, 9.17) is 18.9 Å². The van der Waals surface area contributed by atoms with E-state index in [9.17, 15) is 29.4 Å². The van der Waals surface area contributed by atoms with Crippen molar-refractivity contribution in [3.8, 4) is 11.5 Å². The summed E-state index contributed by atoms with van der Waals surface area (Å²) in [4.78, 5) is 48.9. The minimum Gasteiger partial charge on any atom is -0.491 e. The van der Waals surface area contributed by atoms with Gasteiger partial charge in [0.05, 0.1) is 60.5 Å². The Labute approximate surface area is 290 Å². The molecule has 0 saturated carbocycles. The van der Waals surface area contributed by atoms with Gasteiger partial charge in [0.25, 0.3) is 0 Å². The van der Waals surface area contributed by atoms with Crippen molar-refractivity contribution in [1.29, 1.82) is 0 Å². The average molecular weight is 681 g/mol. The number of methoxy groups -OCH3 is 2. The van der Waals surface area contributed by atoms with Gasteiger partial charge in [0.2, 0.25) is 0 Å². The number of hydrogen-bond acceptors (Lipinski definition) is 10. The van der Waals surface area contributed by atoms with Gasteiger partial charge in [-0.3, -0.25) is 9.59 Å². The van der Waals surface area contributed by atoms with Crippen LogP contribution in [0.4, 0.5) is 0 Å².